The molecule has 0 aromatic heterocycles. The molecule has 0 aliphatic rings. The topological polar surface area (TPSA) is 33.5 Å². The highest BCUT2D eigenvalue weighted by Gasteiger charge is 2.06. The first kappa shape index (κ1) is 13.4. The van der Waals surface area contributed by atoms with Crippen LogP contribution >= 0.6 is 0 Å². The van der Waals surface area contributed by atoms with Gasteiger partial charge in [0.05, 0.1) is 19.6 Å². The fourth-order valence-corrected chi connectivity index (χ4v) is 1.36. The Morgan fingerprint density at radius 2 is 1.86 bits per heavy atom. The fourth-order valence-electron chi connectivity index (χ4n) is 1.36. The van der Waals surface area contributed by atoms with Crippen LogP contribution in [0, 0.1) is 5.92 Å². The molecule has 3 heteroatoms. The second-order valence-electron chi connectivity index (χ2n) is 4.01. The van der Waals surface area contributed by atoms with Crippen molar-refractivity contribution in [1.29, 1.82) is 0 Å². The molecule has 0 heterocycles. The molecule has 1 amide bonds. The molecule has 0 unspecified atom stereocenters. The quantitative estimate of drug-likeness (QED) is 0.562. The Hall–Kier alpha value is -0.570. The van der Waals surface area contributed by atoms with E-state index in [1.807, 2.05) is 13.8 Å². The van der Waals surface area contributed by atoms with Gasteiger partial charge in [0, 0.05) is 18.9 Å². The molecular formula is C11H25N2O+. The molecular weight excluding hydrogens is 176 g/mol. The molecule has 0 fully saturated rings. The van der Waals surface area contributed by atoms with E-state index in [0.29, 0.717) is 0 Å². The van der Waals surface area contributed by atoms with Crippen molar-refractivity contribution in [2.24, 2.45) is 5.92 Å². The van der Waals surface area contributed by atoms with Gasteiger partial charge < -0.3 is 10.2 Å². The van der Waals surface area contributed by atoms with Crippen LogP contribution in [0.3, 0.4) is 0 Å². The van der Waals surface area contributed by atoms with Gasteiger partial charge in [-0.3, -0.25) is 4.79 Å². The first-order chi connectivity index (χ1) is 6.61. The molecule has 3 nitrogen and oxygen atoms in total. The second-order valence-corrected chi connectivity index (χ2v) is 4.01. The van der Waals surface area contributed by atoms with Crippen LogP contribution in [0.25, 0.3) is 0 Å². The van der Waals surface area contributed by atoms with E-state index in [0.717, 1.165) is 19.5 Å². The molecule has 0 bridgehead atoms. The molecule has 0 atom stereocenters. The average Bonchev–Trinajstić information content (AvgIpc) is 2.17. The van der Waals surface area contributed by atoms with Crippen molar-refractivity contribution in [2.45, 2.75) is 34.1 Å². The summed E-state index contributed by atoms with van der Waals surface area (Å²) in [7, 11) is 0. The molecule has 0 saturated carbocycles. The highest BCUT2D eigenvalue weighted by atomic mass is 16.1. The molecule has 84 valence electrons. The van der Waals surface area contributed by atoms with E-state index < -0.39 is 0 Å². The van der Waals surface area contributed by atoms with Crippen LogP contribution in [-0.4, -0.2) is 32.1 Å². The molecule has 0 radical (unpaired) electrons. The number of carbonyl (C=O) groups excluding carboxylic acids is 1. The van der Waals surface area contributed by atoms with E-state index in [9.17, 15) is 4.79 Å². The highest BCUT2D eigenvalue weighted by molar-refractivity contribution is 5.77. The molecule has 0 spiro atoms. The Balaban J connectivity index is 3.41. The summed E-state index contributed by atoms with van der Waals surface area (Å²) in [5, 5.41) is 2.93. The van der Waals surface area contributed by atoms with Crippen LogP contribution < -0.4 is 10.2 Å². The maximum atomic E-state index is 11.2. The number of amides is 1. The van der Waals surface area contributed by atoms with Crippen molar-refractivity contribution >= 4 is 5.91 Å². The molecule has 0 aliphatic heterocycles. The summed E-state index contributed by atoms with van der Waals surface area (Å²) in [6.07, 6.45) is 1.08. The minimum Gasteiger partial charge on any atom is -0.356 e. The third-order valence-electron chi connectivity index (χ3n) is 2.53. The van der Waals surface area contributed by atoms with Crippen molar-refractivity contribution in [3.63, 3.8) is 0 Å². The average molecular weight is 201 g/mol. The predicted molar refractivity (Wildman–Crippen MR) is 59.4 cm³/mol. The third kappa shape index (κ3) is 5.97. The number of nitrogens with one attached hydrogen (secondary N) is 2. The van der Waals surface area contributed by atoms with E-state index in [-0.39, 0.29) is 11.8 Å². The smallest absolute Gasteiger partial charge is 0.222 e. The summed E-state index contributed by atoms with van der Waals surface area (Å²) in [6, 6.07) is 0. The Labute approximate surface area is 87.9 Å². The zero-order valence-corrected chi connectivity index (χ0v) is 10.0. The Morgan fingerprint density at radius 1 is 1.29 bits per heavy atom. The lowest BCUT2D eigenvalue weighted by Crippen LogP contribution is -3.11. The SMILES string of the molecule is CC[NH+](CC)CCCNC(=O)C(C)C. The van der Waals surface area contributed by atoms with Crippen LogP contribution in [0.2, 0.25) is 0 Å². The molecule has 2 N–H and O–H groups in total. The van der Waals surface area contributed by atoms with Gasteiger partial charge in [-0.15, -0.1) is 0 Å². The van der Waals surface area contributed by atoms with Gasteiger partial charge in [-0.25, -0.2) is 0 Å². The monoisotopic (exact) mass is 201 g/mol. The van der Waals surface area contributed by atoms with Crippen LogP contribution in [0.5, 0.6) is 0 Å². The Morgan fingerprint density at radius 3 is 2.29 bits per heavy atom. The predicted octanol–water partition coefficient (Wildman–Crippen LogP) is 0.0734. The zero-order valence-electron chi connectivity index (χ0n) is 10.0. The summed E-state index contributed by atoms with van der Waals surface area (Å²) in [4.78, 5) is 12.8. The molecule has 14 heavy (non-hydrogen) atoms. The van der Waals surface area contributed by atoms with Crippen LogP contribution in [0.4, 0.5) is 0 Å². The van der Waals surface area contributed by atoms with E-state index >= 15 is 0 Å². The van der Waals surface area contributed by atoms with Gasteiger partial charge in [0.25, 0.3) is 0 Å². The Bertz CT molecular complexity index is 153. The van der Waals surface area contributed by atoms with Crippen molar-refractivity contribution in [1.82, 2.24) is 5.32 Å². The lowest BCUT2D eigenvalue weighted by atomic mass is 10.2. The summed E-state index contributed by atoms with van der Waals surface area (Å²) >= 11 is 0. The van der Waals surface area contributed by atoms with E-state index in [4.69, 9.17) is 0 Å². The van der Waals surface area contributed by atoms with Gasteiger partial charge >= 0.3 is 0 Å². The number of hydrogen-bond acceptors (Lipinski definition) is 1. The maximum Gasteiger partial charge on any atom is 0.222 e. The van der Waals surface area contributed by atoms with E-state index in [2.05, 4.69) is 19.2 Å². The molecule has 0 rings (SSSR count). The zero-order chi connectivity index (χ0) is 11.0. The first-order valence-electron chi connectivity index (χ1n) is 5.73. The van der Waals surface area contributed by atoms with Gasteiger partial charge in [-0.1, -0.05) is 13.8 Å². The van der Waals surface area contributed by atoms with Gasteiger partial charge in [-0.05, 0) is 13.8 Å². The summed E-state index contributed by atoms with van der Waals surface area (Å²) in [6.45, 7) is 12.6. The largest absolute Gasteiger partial charge is 0.356 e. The standard InChI is InChI=1S/C11H24N2O/c1-5-13(6-2)9-7-8-12-11(14)10(3)4/h10H,5-9H2,1-4H3,(H,12,14)/p+1. The first-order valence-corrected chi connectivity index (χ1v) is 5.73. The number of rotatable bonds is 7. The van der Waals surface area contributed by atoms with Gasteiger partial charge in [0.1, 0.15) is 0 Å². The summed E-state index contributed by atoms with van der Waals surface area (Å²) in [5.74, 6) is 0.273. The van der Waals surface area contributed by atoms with Gasteiger partial charge in [0.2, 0.25) is 5.91 Å². The fraction of sp³-hybridized carbons (Fsp3) is 0.909. The molecule has 0 aromatic carbocycles. The van der Waals surface area contributed by atoms with Crippen molar-refractivity contribution in [2.75, 3.05) is 26.2 Å². The second kappa shape index (κ2) is 7.80. The number of carbonyl (C=O) groups is 1. The third-order valence-corrected chi connectivity index (χ3v) is 2.53. The Kier molecular flexibility index (Phi) is 7.48. The van der Waals surface area contributed by atoms with Crippen LogP contribution in [0.15, 0.2) is 0 Å². The van der Waals surface area contributed by atoms with Crippen LogP contribution in [-0.2, 0) is 4.79 Å². The van der Waals surface area contributed by atoms with Gasteiger partial charge in [0.15, 0.2) is 0 Å². The van der Waals surface area contributed by atoms with Crippen molar-refractivity contribution in [3.05, 3.63) is 0 Å². The summed E-state index contributed by atoms with van der Waals surface area (Å²) in [5.41, 5.74) is 0. The van der Waals surface area contributed by atoms with E-state index in [1.54, 1.807) is 4.90 Å². The maximum absolute atomic E-state index is 11.2. The van der Waals surface area contributed by atoms with Crippen LogP contribution in [0.1, 0.15) is 34.1 Å². The van der Waals surface area contributed by atoms with Crippen molar-refractivity contribution < 1.29 is 9.69 Å². The summed E-state index contributed by atoms with van der Waals surface area (Å²) < 4.78 is 0. The molecule has 0 saturated heterocycles. The minimum absolute atomic E-state index is 0.107. The highest BCUT2D eigenvalue weighted by Crippen LogP contribution is 1.89. The normalized spacial score (nSPS) is 11.0. The lowest BCUT2D eigenvalue weighted by Gasteiger charge is -2.15. The van der Waals surface area contributed by atoms with Crippen molar-refractivity contribution in [3.8, 4) is 0 Å². The number of quaternary nitrogens is 1. The van der Waals surface area contributed by atoms with E-state index in [1.165, 1.54) is 13.1 Å². The van der Waals surface area contributed by atoms with Gasteiger partial charge in [-0.2, -0.15) is 0 Å². The lowest BCUT2D eigenvalue weighted by molar-refractivity contribution is -0.896. The molecule has 0 aromatic rings. The number of hydrogen-bond donors (Lipinski definition) is 2. The molecule has 0 aliphatic carbocycles. The minimum atomic E-state index is 0.107.